The van der Waals surface area contributed by atoms with E-state index in [4.69, 9.17) is 5.73 Å². The average molecular weight is 293 g/mol. The number of aromatic nitrogens is 1. The van der Waals surface area contributed by atoms with Gasteiger partial charge in [-0.2, -0.15) is 13.2 Å². The second-order valence-electron chi connectivity index (χ2n) is 5.04. The van der Waals surface area contributed by atoms with E-state index in [1.165, 1.54) is 11.3 Å². The molecule has 1 aliphatic rings. The average Bonchev–Trinajstić information content (AvgIpc) is 2.70. The van der Waals surface area contributed by atoms with Gasteiger partial charge in [-0.25, -0.2) is 4.98 Å². The number of alkyl halides is 3. The maximum atomic E-state index is 12.6. The SMILES string of the molecule is Cc1nc(N2CCC(C(F)(F)F)CC2)sc1C(C)N. The molecule has 1 aromatic heterocycles. The number of anilines is 1. The van der Waals surface area contributed by atoms with Crippen LogP contribution in [-0.4, -0.2) is 24.2 Å². The number of nitrogens with zero attached hydrogens (tertiary/aromatic N) is 2. The first-order chi connectivity index (χ1) is 8.79. The first kappa shape index (κ1) is 14.6. The van der Waals surface area contributed by atoms with Crippen LogP contribution in [0.2, 0.25) is 0 Å². The van der Waals surface area contributed by atoms with Crippen LogP contribution in [-0.2, 0) is 0 Å². The molecule has 0 aromatic carbocycles. The quantitative estimate of drug-likeness (QED) is 0.910. The fourth-order valence-corrected chi connectivity index (χ4v) is 3.42. The molecule has 1 aromatic rings. The van der Waals surface area contributed by atoms with Crippen LogP contribution in [0, 0.1) is 12.8 Å². The number of aryl methyl sites for hydroxylation is 1. The van der Waals surface area contributed by atoms with Gasteiger partial charge in [0.05, 0.1) is 11.6 Å². The molecule has 2 N–H and O–H groups in total. The number of piperidine rings is 1. The number of hydrogen-bond donors (Lipinski definition) is 1. The van der Waals surface area contributed by atoms with Crippen molar-refractivity contribution in [2.45, 2.75) is 38.9 Å². The molecule has 0 amide bonds. The summed E-state index contributed by atoms with van der Waals surface area (Å²) in [6.45, 7) is 4.60. The Bertz CT molecular complexity index is 434. The summed E-state index contributed by atoms with van der Waals surface area (Å²) in [5.41, 5.74) is 6.72. The van der Waals surface area contributed by atoms with Crippen molar-refractivity contribution < 1.29 is 13.2 Å². The van der Waals surface area contributed by atoms with Gasteiger partial charge in [-0.3, -0.25) is 0 Å². The number of thiazole rings is 1. The van der Waals surface area contributed by atoms with Gasteiger partial charge in [0.25, 0.3) is 0 Å². The van der Waals surface area contributed by atoms with Gasteiger partial charge >= 0.3 is 6.18 Å². The topological polar surface area (TPSA) is 42.2 Å². The van der Waals surface area contributed by atoms with Gasteiger partial charge in [0, 0.05) is 24.0 Å². The lowest BCUT2D eigenvalue weighted by atomic mass is 9.97. The van der Waals surface area contributed by atoms with Gasteiger partial charge in [0.2, 0.25) is 0 Å². The molecule has 3 nitrogen and oxygen atoms in total. The van der Waals surface area contributed by atoms with Crippen molar-refractivity contribution in [3.8, 4) is 0 Å². The van der Waals surface area contributed by atoms with Crippen molar-refractivity contribution >= 4 is 16.5 Å². The predicted octanol–water partition coefficient (Wildman–Crippen LogP) is 3.25. The summed E-state index contributed by atoms with van der Waals surface area (Å²) in [4.78, 5) is 7.37. The molecule has 1 saturated heterocycles. The van der Waals surface area contributed by atoms with E-state index in [9.17, 15) is 13.2 Å². The summed E-state index contributed by atoms with van der Waals surface area (Å²) in [7, 11) is 0. The minimum absolute atomic E-state index is 0.0843. The largest absolute Gasteiger partial charge is 0.391 e. The van der Waals surface area contributed by atoms with E-state index in [1.54, 1.807) is 0 Å². The van der Waals surface area contributed by atoms with Crippen molar-refractivity contribution in [3.05, 3.63) is 10.6 Å². The fraction of sp³-hybridized carbons (Fsp3) is 0.750. The molecular formula is C12H18F3N3S. The Kier molecular flexibility index (Phi) is 4.06. The van der Waals surface area contributed by atoms with Crippen LogP contribution in [0.25, 0.3) is 0 Å². The van der Waals surface area contributed by atoms with E-state index in [0.29, 0.717) is 13.1 Å². The Labute approximate surface area is 114 Å². The number of hydrogen-bond acceptors (Lipinski definition) is 4. The maximum Gasteiger partial charge on any atom is 0.391 e. The number of rotatable bonds is 2. The second kappa shape index (κ2) is 5.28. The highest BCUT2D eigenvalue weighted by molar-refractivity contribution is 7.15. The van der Waals surface area contributed by atoms with Crippen LogP contribution in [0.5, 0.6) is 0 Å². The summed E-state index contributed by atoms with van der Waals surface area (Å²) >= 11 is 1.49. The zero-order chi connectivity index (χ0) is 14.2. The van der Waals surface area contributed by atoms with Gasteiger partial charge in [0.1, 0.15) is 0 Å². The molecule has 1 atom stereocenters. The highest BCUT2D eigenvalue weighted by Gasteiger charge is 2.41. The Morgan fingerprint density at radius 1 is 1.37 bits per heavy atom. The highest BCUT2D eigenvalue weighted by atomic mass is 32.1. The van der Waals surface area contributed by atoms with E-state index in [2.05, 4.69) is 4.98 Å². The molecular weight excluding hydrogens is 275 g/mol. The molecule has 1 aliphatic heterocycles. The summed E-state index contributed by atoms with van der Waals surface area (Å²) in [6.07, 6.45) is -3.77. The molecule has 1 unspecified atom stereocenters. The Hall–Kier alpha value is -0.820. The summed E-state index contributed by atoms with van der Waals surface area (Å²) in [5.74, 6) is -1.17. The molecule has 7 heteroatoms. The normalized spacial score (nSPS) is 19.8. The Morgan fingerprint density at radius 2 is 1.95 bits per heavy atom. The third-order valence-electron chi connectivity index (χ3n) is 3.46. The van der Waals surface area contributed by atoms with Gasteiger partial charge in [0.15, 0.2) is 5.13 Å². The molecule has 108 valence electrons. The third kappa shape index (κ3) is 3.20. The van der Waals surface area contributed by atoms with Crippen molar-refractivity contribution in [1.82, 2.24) is 4.98 Å². The molecule has 2 heterocycles. The van der Waals surface area contributed by atoms with Crippen LogP contribution in [0.4, 0.5) is 18.3 Å². The van der Waals surface area contributed by atoms with Crippen molar-refractivity contribution in [2.75, 3.05) is 18.0 Å². The molecule has 0 bridgehead atoms. The van der Waals surface area contributed by atoms with E-state index >= 15 is 0 Å². The summed E-state index contributed by atoms with van der Waals surface area (Å²) in [6, 6.07) is -0.0843. The van der Waals surface area contributed by atoms with Crippen LogP contribution in [0.1, 0.15) is 36.4 Å². The van der Waals surface area contributed by atoms with Crippen LogP contribution < -0.4 is 10.6 Å². The van der Waals surface area contributed by atoms with E-state index < -0.39 is 12.1 Å². The predicted molar refractivity (Wildman–Crippen MR) is 70.4 cm³/mol. The lowest BCUT2D eigenvalue weighted by molar-refractivity contribution is -0.179. The zero-order valence-corrected chi connectivity index (χ0v) is 11.8. The van der Waals surface area contributed by atoms with Gasteiger partial charge in [-0.15, -0.1) is 11.3 Å². The summed E-state index contributed by atoms with van der Waals surface area (Å²) in [5, 5.41) is 0.797. The Balaban J connectivity index is 2.04. The minimum atomic E-state index is -4.07. The minimum Gasteiger partial charge on any atom is -0.348 e. The van der Waals surface area contributed by atoms with Crippen LogP contribution >= 0.6 is 11.3 Å². The molecule has 2 rings (SSSR count). The molecule has 0 spiro atoms. The second-order valence-corrected chi connectivity index (χ2v) is 6.05. The lowest BCUT2D eigenvalue weighted by Crippen LogP contribution is -2.38. The standard InChI is InChI=1S/C12H18F3N3S/c1-7(16)10-8(2)17-11(19-10)18-5-3-9(4-6-18)12(13,14)15/h7,9H,3-6,16H2,1-2H3. The van der Waals surface area contributed by atoms with Gasteiger partial charge in [-0.05, 0) is 26.7 Å². The first-order valence-electron chi connectivity index (χ1n) is 6.33. The lowest BCUT2D eigenvalue weighted by Gasteiger charge is -2.32. The Morgan fingerprint density at radius 3 is 2.37 bits per heavy atom. The fourth-order valence-electron chi connectivity index (χ4n) is 2.35. The third-order valence-corrected chi connectivity index (χ3v) is 4.88. The first-order valence-corrected chi connectivity index (χ1v) is 7.15. The molecule has 0 radical (unpaired) electrons. The number of nitrogens with two attached hydrogens (primary N) is 1. The zero-order valence-electron chi connectivity index (χ0n) is 11.0. The van der Waals surface area contributed by atoms with Crippen molar-refractivity contribution in [2.24, 2.45) is 11.7 Å². The summed E-state index contributed by atoms with van der Waals surface area (Å²) < 4.78 is 37.8. The molecule has 0 aliphatic carbocycles. The number of halogens is 3. The smallest absolute Gasteiger partial charge is 0.348 e. The van der Waals surface area contributed by atoms with E-state index in [1.807, 2.05) is 18.7 Å². The van der Waals surface area contributed by atoms with Gasteiger partial charge in [-0.1, -0.05) is 0 Å². The van der Waals surface area contributed by atoms with Crippen LogP contribution in [0.15, 0.2) is 0 Å². The highest BCUT2D eigenvalue weighted by Crippen LogP contribution is 2.37. The van der Waals surface area contributed by atoms with Crippen LogP contribution in [0.3, 0.4) is 0 Å². The molecule has 1 fully saturated rings. The van der Waals surface area contributed by atoms with Crippen molar-refractivity contribution in [3.63, 3.8) is 0 Å². The monoisotopic (exact) mass is 293 g/mol. The van der Waals surface area contributed by atoms with E-state index in [-0.39, 0.29) is 18.9 Å². The molecule has 19 heavy (non-hydrogen) atoms. The van der Waals surface area contributed by atoms with E-state index in [0.717, 1.165) is 15.7 Å². The van der Waals surface area contributed by atoms with Crippen molar-refractivity contribution in [1.29, 1.82) is 0 Å². The maximum absolute atomic E-state index is 12.6. The molecule has 0 saturated carbocycles. The van der Waals surface area contributed by atoms with Gasteiger partial charge < -0.3 is 10.6 Å².